The van der Waals surface area contributed by atoms with Crippen LogP contribution < -0.4 is 5.73 Å². The summed E-state index contributed by atoms with van der Waals surface area (Å²) in [7, 11) is 0. The highest BCUT2D eigenvalue weighted by Gasteiger charge is 2.38. The summed E-state index contributed by atoms with van der Waals surface area (Å²) in [5.74, 6) is 1.77. The van der Waals surface area contributed by atoms with E-state index < -0.39 is 0 Å². The molecule has 1 unspecified atom stereocenters. The van der Waals surface area contributed by atoms with Gasteiger partial charge in [0.05, 0.1) is 0 Å². The summed E-state index contributed by atoms with van der Waals surface area (Å²) in [6.45, 7) is 4.85. The van der Waals surface area contributed by atoms with E-state index in [0.29, 0.717) is 11.5 Å². The Morgan fingerprint density at radius 1 is 1.00 bits per heavy atom. The molecule has 0 aromatic carbocycles. The van der Waals surface area contributed by atoms with Gasteiger partial charge in [-0.1, -0.05) is 46.0 Å². The van der Waals surface area contributed by atoms with Crippen molar-refractivity contribution in [3.8, 4) is 0 Å². The Hall–Kier alpha value is -0.0400. The summed E-state index contributed by atoms with van der Waals surface area (Å²) in [5.41, 5.74) is 7.06. The van der Waals surface area contributed by atoms with Crippen molar-refractivity contribution in [2.45, 2.75) is 77.7 Å². The van der Waals surface area contributed by atoms with Gasteiger partial charge in [0, 0.05) is 6.04 Å². The molecule has 0 heterocycles. The molecule has 2 rings (SSSR count). The molecule has 2 aliphatic rings. The normalized spacial score (nSPS) is 36.9. The Bertz CT molecular complexity index is 209. The lowest BCUT2D eigenvalue weighted by Gasteiger charge is -2.44. The minimum Gasteiger partial charge on any atom is -0.327 e. The van der Waals surface area contributed by atoms with E-state index in [-0.39, 0.29) is 0 Å². The summed E-state index contributed by atoms with van der Waals surface area (Å²) in [4.78, 5) is 0. The van der Waals surface area contributed by atoms with Crippen LogP contribution in [0.2, 0.25) is 0 Å². The smallest absolute Gasteiger partial charge is 0.0121 e. The van der Waals surface area contributed by atoms with Crippen molar-refractivity contribution in [3.05, 3.63) is 0 Å². The zero-order valence-corrected chi connectivity index (χ0v) is 11.2. The van der Waals surface area contributed by atoms with Crippen molar-refractivity contribution in [2.75, 3.05) is 0 Å². The second-order valence-electron chi connectivity index (χ2n) is 6.76. The van der Waals surface area contributed by atoms with Crippen molar-refractivity contribution in [1.29, 1.82) is 0 Å². The van der Waals surface area contributed by atoms with Crippen LogP contribution in [0, 0.1) is 17.3 Å². The SMILES string of the molecule is CC1CCC(C(N)C2(C)CCCCC2)CC1. The molecule has 94 valence electrons. The molecule has 0 amide bonds. The monoisotopic (exact) mass is 223 g/mol. The van der Waals surface area contributed by atoms with Crippen LogP contribution in [0.3, 0.4) is 0 Å². The topological polar surface area (TPSA) is 26.0 Å². The first-order valence-electron chi connectivity index (χ1n) is 7.37. The third kappa shape index (κ3) is 2.61. The van der Waals surface area contributed by atoms with Crippen molar-refractivity contribution >= 4 is 0 Å². The van der Waals surface area contributed by atoms with E-state index in [2.05, 4.69) is 13.8 Å². The average Bonchev–Trinajstić information content (AvgIpc) is 2.30. The first-order chi connectivity index (χ1) is 7.62. The van der Waals surface area contributed by atoms with Gasteiger partial charge in [-0.2, -0.15) is 0 Å². The lowest BCUT2D eigenvalue weighted by Crippen LogP contribution is -2.47. The van der Waals surface area contributed by atoms with E-state index >= 15 is 0 Å². The fourth-order valence-electron chi connectivity index (χ4n) is 3.91. The van der Waals surface area contributed by atoms with Gasteiger partial charge in [-0.15, -0.1) is 0 Å². The highest BCUT2D eigenvalue weighted by molar-refractivity contribution is 4.93. The largest absolute Gasteiger partial charge is 0.327 e. The highest BCUT2D eigenvalue weighted by atomic mass is 14.7. The first-order valence-corrected chi connectivity index (χ1v) is 7.37. The van der Waals surface area contributed by atoms with E-state index in [9.17, 15) is 0 Å². The molecule has 1 heteroatoms. The minimum atomic E-state index is 0.462. The molecular formula is C15H29N. The van der Waals surface area contributed by atoms with Crippen LogP contribution >= 0.6 is 0 Å². The third-order valence-corrected chi connectivity index (χ3v) is 5.37. The number of rotatable bonds is 2. The molecule has 0 radical (unpaired) electrons. The fourth-order valence-corrected chi connectivity index (χ4v) is 3.91. The third-order valence-electron chi connectivity index (χ3n) is 5.37. The molecule has 0 aromatic rings. The Morgan fingerprint density at radius 3 is 2.12 bits per heavy atom. The van der Waals surface area contributed by atoms with Crippen LogP contribution in [0.15, 0.2) is 0 Å². The van der Waals surface area contributed by atoms with Crippen LogP contribution in [-0.2, 0) is 0 Å². The highest BCUT2D eigenvalue weighted by Crippen LogP contribution is 2.43. The van der Waals surface area contributed by atoms with Crippen LogP contribution in [0.1, 0.15) is 71.6 Å². The fraction of sp³-hybridized carbons (Fsp3) is 1.00. The Kier molecular flexibility index (Phi) is 3.94. The molecule has 2 saturated carbocycles. The van der Waals surface area contributed by atoms with Gasteiger partial charge >= 0.3 is 0 Å². The molecule has 16 heavy (non-hydrogen) atoms. The van der Waals surface area contributed by atoms with Gasteiger partial charge in [-0.3, -0.25) is 0 Å². The standard InChI is InChI=1S/C15H29N/c1-12-6-8-13(9-7-12)14(16)15(2)10-4-3-5-11-15/h12-14H,3-11,16H2,1-2H3. The lowest BCUT2D eigenvalue weighted by molar-refractivity contribution is 0.103. The van der Waals surface area contributed by atoms with Gasteiger partial charge in [-0.25, -0.2) is 0 Å². The van der Waals surface area contributed by atoms with Crippen molar-refractivity contribution in [3.63, 3.8) is 0 Å². The lowest BCUT2D eigenvalue weighted by atomic mass is 9.64. The number of nitrogens with two attached hydrogens (primary N) is 1. The first kappa shape index (κ1) is 12.4. The van der Waals surface area contributed by atoms with Gasteiger partial charge in [-0.05, 0) is 42.9 Å². The molecular weight excluding hydrogens is 194 g/mol. The van der Waals surface area contributed by atoms with Gasteiger partial charge in [0.1, 0.15) is 0 Å². The summed E-state index contributed by atoms with van der Waals surface area (Å²) in [5, 5.41) is 0. The molecule has 0 saturated heterocycles. The summed E-state index contributed by atoms with van der Waals surface area (Å²) in [6, 6.07) is 0.472. The molecule has 0 spiro atoms. The minimum absolute atomic E-state index is 0.462. The maximum atomic E-state index is 6.60. The van der Waals surface area contributed by atoms with Crippen LogP contribution in [0.25, 0.3) is 0 Å². The second-order valence-corrected chi connectivity index (χ2v) is 6.76. The molecule has 0 bridgehead atoms. The number of hydrogen-bond donors (Lipinski definition) is 1. The molecule has 1 atom stereocenters. The van der Waals surface area contributed by atoms with Crippen LogP contribution in [-0.4, -0.2) is 6.04 Å². The zero-order valence-electron chi connectivity index (χ0n) is 11.2. The maximum Gasteiger partial charge on any atom is 0.0121 e. The Morgan fingerprint density at radius 2 is 1.56 bits per heavy atom. The van der Waals surface area contributed by atoms with Gasteiger partial charge < -0.3 is 5.73 Å². The van der Waals surface area contributed by atoms with Crippen LogP contribution in [0.4, 0.5) is 0 Å². The summed E-state index contributed by atoms with van der Waals surface area (Å²) in [6.07, 6.45) is 12.6. The molecule has 0 aliphatic heterocycles. The summed E-state index contributed by atoms with van der Waals surface area (Å²) < 4.78 is 0. The van der Waals surface area contributed by atoms with Gasteiger partial charge in [0.2, 0.25) is 0 Å². The van der Waals surface area contributed by atoms with E-state index in [1.54, 1.807) is 0 Å². The number of hydrogen-bond acceptors (Lipinski definition) is 1. The molecule has 2 aliphatic carbocycles. The van der Waals surface area contributed by atoms with Crippen molar-refractivity contribution in [2.24, 2.45) is 23.0 Å². The predicted molar refractivity (Wildman–Crippen MR) is 70.3 cm³/mol. The zero-order chi connectivity index (χ0) is 11.6. The van der Waals surface area contributed by atoms with E-state index in [4.69, 9.17) is 5.73 Å². The molecule has 0 aromatic heterocycles. The van der Waals surface area contributed by atoms with Gasteiger partial charge in [0.25, 0.3) is 0 Å². The quantitative estimate of drug-likeness (QED) is 0.749. The predicted octanol–water partition coefficient (Wildman–Crippen LogP) is 4.11. The molecule has 2 N–H and O–H groups in total. The molecule has 2 fully saturated rings. The second kappa shape index (κ2) is 5.08. The average molecular weight is 223 g/mol. The van der Waals surface area contributed by atoms with E-state index in [1.807, 2.05) is 0 Å². The Labute approximate surface area is 101 Å². The summed E-state index contributed by atoms with van der Waals surface area (Å²) >= 11 is 0. The van der Waals surface area contributed by atoms with Gasteiger partial charge in [0.15, 0.2) is 0 Å². The Balaban J connectivity index is 1.92. The van der Waals surface area contributed by atoms with Crippen LogP contribution in [0.5, 0.6) is 0 Å². The van der Waals surface area contributed by atoms with Crippen molar-refractivity contribution in [1.82, 2.24) is 0 Å². The maximum absolute atomic E-state index is 6.60. The van der Waals surface area contributed by atoms with E-state index in [1.165, 1.54) is 57.8 Å². The van der Waals surface area contributed by atoms with E-state index in [0.717, 1.165) is 11.8 Å². The molecule has 1 nitrogen and oxygen atoms in total. The van der Waals surface area contributed by atoms with Crippen molar-refractivity contribution < 1.29 is 0 Å².